The number of carbonyl (C=O) groups is 1. The van der Waals surface area contributed by atoms with Crippen molar-refractivity contribution in [3.05, 3.63) is 54.0 Å². The van der Waals surface area contributed by atoms with Gasteiger partial charge < -0.3 is 15.1 Å². The molecule has 0 saturated heterocycles. The van der Waals surface area contributed by atoms with Crippen molar-refractivity contribution in [1.82, 2.24) is 10.6 Å². The van der Waals surface area contributed by atoms with Gasteiger partial charge in [0.05, 0.1) is 29.5 Å². The highest BCUT2D eigenvalue weighted by molar-refractivity contribution is 7.91. The molecule has 0 unspecified atom stereocenters. The molecule has 110 valence electrons. The molecule has 0 radical (unpaired) electrons. The van der Waals surface area contributed by atoms with Crippen LogP contribution in [0.1, 0.15) is 17.4 Å². The van der Waals surface area contributed by atoms with Crippen LogP contribution in [0.2, 0.25) is 0 Å². The van der Waals surface area contributed by atoms with E-state index in [0.717, 1.165) is 0 Å². The smallest absolute Gasteiger partial charge is 0.315 e. The van der Waals surface area contributed by atoms with Crippen LogP contribution in [0.15, 0.2) is 52.0 Å². The van der Waals surface area contributed by atoms with E-state index in [4.69, 9.17) is 4.42 Å². The summed E-state index contributed by atoms with van der Waals surface area (Å²) in [6, 6.07) is 9.24. The van der Waals surface area contributed by atoms with Crippen molar-refractivity contribution in [2.75, 3.05) is 5.75 Å². The highest BCUT2D eigenvalue weighted by Gasteiger charge is 2.35. The third kappa shape index (κ3) is 2.78. The van der Waals surface area contributed by atoms with Gasteiger partial charge in [-0.05, 0) is 23.8 Å². The van der Waals surface area contributed by atoms with Crippen molar-refractivity contribution in [1.29, 1.82) is 0 Å². The molecule has 0 bridgehead atoms. The summed E-state index contributed by atoms with van der Waals surface area (Å²) in [5, 5.41) is 5.31. The summed E-state index contributed by atoms with van der Waals surface area (Å²) in [6.45, 7) is 0.250. The minimum atomic E-state index is -3.32. The normalized spacial score (nSPS) is 19.0. The number of amides is 2. The number of fused-ring (bicyclic) bond motifs is 1. The summed E-state index contributed by atoms with van der Waals surface area (Å²) in [6.07, 6.45) is 1.52. The molecule has 0 spiro atoms. The Kier molecular flexibility index (Phi) is 3.42. The van der Waals surface area contributed by atoms with Gasteiger partial charge in [-0.25, -0.2) is 13.2 Å². The molecule has 21 heavy (non-hydrogen) atoms. The molecule has 1 atom stereocenters. The van der Waals surface area contributed by atoms with E-state index in [0.29, 0.717) is 16.2 Å². The third-order valence-corrected chi connectivity index (χ3v) is 5.14. The maximum atomic E-state index is 12.0. The number of hydrogen-bond acceptors (Lipinski definition) is 4. The van der Waals surface area contributed by atoms with E-state index in [9.17, 15) is 13.2 Å². The number of furan rings is 1. The summed E-state index contributed by atoms with van der Waals surface area (Å²) in [4.78, 5) is 12.1. The first kappa shape index (κ1) is 13.7. The predicted molar refractivity (Wildman–Crippen MR) is 75.3 cm³/mol. The second-order valence-electron chi connectivity index (χ2n) is 4.78. The summed E-state index contributed by atoms with van der Waals surface area (Å²) in [5.74, 6) is 0.519. The zero-order valence-electron chi connectivity index (χ0n) is 11.1. The van der Waals surface area contributed by atoms with Crippen molar-refractivity contribution in [3.63, 3.8) is 0 Å². The standard InChI is InChI=1S/C14H14N2O4S/c17-14(15-8-10-4-3-7-20-10)16-12-9-21(18,19)13-6-2-1-5-11(12)13/h1-7,12H,8-9H2,(H2,15,16,17)/t12-/m1/s1. The fraction of sp³-hybridized carbons (Fsp3) is 0.214. The molecule has 0 aliphatic carbocycles. The van der Waals surface area contributed by atoms with Gasteiger partial charge in [0.2, 0.25) is 0 Å². The molecular formula is C14H14N2O4S. The fourth-order valence-corrected chi connectivity index (χ4v) is 4.10. The fourth-order valence-electron chi connectivity index (χ4n) is 2.36. The highest BCUT2D eigenvalue weighted by Crippen LogP contribution is 2.32. The second-order valence-corrected chi connectivity index (χ2v) is 6.78. The first-order valence-corrected chi connectivity index (χ1v) is 8.10. The Balaban J connectivity index is 1.67. The molecule has 2 aromatic rings. The molecule has 2 heterocycles. The summed E-state index contributed by atoms with van der Waals surface area (Å²) in [5.41, 5.74) is 0.630. The summed E-state index contributed by atoms with van der Waals surface area (Å²) >= 11 is 0. The molecule has 1 aromatic heterocycles. The number of nitrogens with one attached hydrogen (secondary N) is 2. The first-order chi connectivity index (χ1) is 10.1. The lowest BCUT2D eigenvalue weighted by Crippen LogP contribution is -2.38. The average molecular weight is 306 g/mol. The van der Waals surface area contributed by atoms with Crippen LogP contribution in [0.5, 0.6) is 0 Å². The number of sulfone groups is 1. The van der Waals surface area contributed by atoms with E-state index in [1.165, 1.54) is 6.26 Å². The minimum absolute atomic E-state index is 0.111. The van der Waals surface area contributed by atoms with Crippen molar-refractivity contribution < 1.29 is 17.6 Å². The maximum absolute atomic E-state index is 12.0. The monoisotopic (exact) mass is 306 g/mol. The summed E-state index contributed by atoms with van der Waals surface area (Å²) < 4.78 is 29.1. The summed E-state index contributed by atoms with van der Waals surface area (Å²) in [7, 11) is -3.32. The lowest BCUT2D eigenvalue weighted by molar-refractivity contribution is 0.236. The van der Waals surface area contributed by atoms with Crippen LogP contribution < -0.4 is 10.6 Å². The molecule has 1 aliphatic heterocycles. The van der Waals surface area contributed by atoms with Crippen LogP contribution in [0.25, 0.3) is 0 Å². The Hall–Kier alpha value is -2.28. The third-order valence-electron chi connectivity index (χ3n) is 3.32. The Labute approximate surface area is 122 Å². The van der Waals surface area contributed by atoms with Gasteiger partial charge in [0.1, 0.15) is 5.76 Å². The molecule has 2 N–H and O–H groups in total. The van der Waals surface area contributed by atoms with Crippen molar-refractivity contribution in [3.8, 4) is 0 Å². The van der Waals surface area contributed by atoms with Gasteiger partial charge in [-0.1, -0.05) is 18.2 Å². The molecule has 3 rings (SSSR count). The second kappa shape index (κ2) is 5.25. The van der Waals surface area contributed by atoms with E-state index in [-0.39, 0.29) is 12.3 Å². The molecular weight excluding hydrogens is 292 g/mol. The van der Waals surface area contributed by atoms with Crippen LogP contribution in [0.4, 0.5) is 4.79 Å². The SMILES string of the molecule is O=C(NCc1ccco1)N[C@@H]1CS(=O)(=O)c2ccccc21. The maximum Gasteiger partial charge on any atom is 0.315 e. The Morgan fingerprint density at radius 1 is 1.24 bits per heavy atom. The molecule has 1 aliphatic rings. The first-order valence-electron chi connectivity index (χ1n) is 6.45. The zero-order valence-corrected chi connectivity index (χ0v) is 11.9. The Morgan fingerprint density at radius 3 is 2.81 bits per heavy atom. The largest absolute Gasteiger partial charge is 0.467 e. The van der Waals surface area contributed by atoms with E-state index in [1.807, 2.05) is 0 Å². The number of rotatable bonds is 3. The van der Waals surface area contributed by atoms with E-state index < -0.39 is 21.9 Å². The van der Waals surface area contributed by atoms with Crippen LogP contribution in [-0.4, -0.2) is 20.2 Å². The number of hydrogen-bond donors (Lipinski definition) is 2. The average Bonchev–Trinajstić information content (AvgIpc) is 3.05. The minimum Gasteiger partial charge on any atom is -0.467 e. The Morgan fingerprint density at radius 2 is 2.05 bits per heavy atom. The van der Waals surface area contributed by atoms with Crippen molar-refractivity contribution in [2.24, 2.45) is 0 Å². The van der Waals surface area contributed by atoms with E-state index in [1.54, 1.807) is 36.4 Å². The Bertz CT molecular complexity index is 753. The molecule has 6 nitrogen and oxygen atoms in total. The van der Waals surface area contributed by atoms with Crippen LogP contribution in [0, 0.1) is 0 Å². The molecule has 0 saturated carbocycles. The van der Waals surface area contributed by atoms with Gasteiger partial charge in [-0.15, -0.1) is 0 Å². The van der Waals surface area contributed by atoms with E-state index in [2.05, 4.69) is 10.6 Å². The van der Waals surface area contributed by atoms with E-state index >= 15 is 0 Å². The van der Waals surface area contributed by atoms with Crippen LogP contribution in [0.3, 0.4) is 0 Å². The lowest BCUT2D eigenvalue weighted by atomic mass is 10.1. The number of urea groups is 1. The van der Waals surface area contributed by atoms with Crippen LogP contribution in [-0.2, 0) is 16.4 Å². The molecule has 7 heteroatoms. The van der Waals surface area contributed by atoms with Gasteiger partial charge in [0, 0.05) is 0 Å². The van der Waals surface area contributed by atoms with Gasteiger partial charge >= 0.3 is 6.03 Å². The lowest BCUT2D eigenvalue weighted by Gasteiger charge is -2.13. The topological polar surface area (TPSA) is 88.4 Å². The number of carbonyl (C=O) groups excluding carboxylic acids is 1. The highest BCUT2D eigenvalue weighted by atomic mass is 32.2. The number of benzene rings is 1. The molecule has 2 amide bonds. The molecule has 1 aromatic carbocycles. The van der Waals surface area contributed by atoms with Gasteiger partial charge in [-0.2, -0.15) is 0 Å². The van der Waals surface area contributed by atoms with Gasteiger partial charge in [-0.3, -0.25) is 0 Å². The van der Waals surface area contributed by atoms with Crippen molar-refractivity contribution in [2.45, 2.75) is 17.5 Å². The zero-order chi connectivity index (χ0) is 14.9. The molecule has 0 fully saturated rings. The predicted octanol–water partition coefficient (Wildman–Crippen LogP) is 1.61. The van der Waals surface area contributed by atoms with Crippen LogP contribution >= 0.6 is 0 Å². The van der Waals surface area contributed by atoms with Gasteiger partial charge in [0.25, 0.3) is 0 Å². The van der Waals surface area contributed by atoms with Crippen molar-refractivity contribution >= 4 is 15.9 Å². The van der Waals surface area contributed by atoms with Gasteiger partial charge in [0.15, 0.2) is 9.84 Å². The quantitative estimate of drug-likeness (QED) is 0.901.